The van der Waals surface area contributed by atoms with E-state index in [1.165, 1.54) is 5.56 Å². The Kier molecular flexibility index (Phi) is 4.50. The second kappa shape index (κ2) is 5.93. The van der Waals surface area contributed by atoms with Crippen LogP contribution in [-0.2, 0) is 6.54 Å². The maximum absolute atomic E-state index is 6.06. The monoisotopic (exact) mass is 416 g/mol. The Bertz CT molecular complexity index is 557. The smallest absolute Gasteiger partial charge is 0.0601 e. The summed E-state index contributed by atoms with van der Waals surface area (Å²) in [6.07, 6.45) is 0. The van der Waals surface area contributed by atoms with Crippen molar-refractivity contribution in [2.75, 3.05) is 17.7 Å². The number of hydrogen-bond acceptors (Lipinski definition) is 2. The van der Waals surface area contributed by atoms with E-state index in [9.17, 15) is 0 Å². The van der Waals surface area contributed by atoms with Gasteiger partial charge in [-0.05, 0) is 52.4 Å². The second-order valence-corrected chi connectivity index (χ2v) is 6.25. The molecule has 0 heterocycles. The summed E-state index contributed by atoms with van der Waals surface area (Å²) in [6.45, 7) is 0.826. The van der Waals surface area contributed by atoms with Crippen molar-refractivity contribution < 1.29 is 0 Å². The third-order valence-electron chi connectivity index (χ3n) is 2.77. The molecule has 0 unspecified atom stereocenters. The van der Waals surface area contributed by atoms with Gasteiger partial charge in [0.25, 0.3) is 0 Å². The predicted molar refractivity (Wildman–Crippen MR) is 89.8 cm³/mol. The van der Waals surface area contributed by atoms with Gasteiger partial charge in [-0.2, -0.15) is 0 Å². The number of hydrogen-bond donors (Lipinski definition) is 1. The number of halogens is 2. The summed E-state index contributed by atoms with van der Waals surface area (Å²) in [5, 5.41) is 0. The van der Waals surface area contributed by atoms with Crippen molar-refractivity contribution in [3.05, 3.63) is 56.1 Å². The van der Waals surface area contributed by atoms with E-state index >= 15 is 0 Å². The summed E-state index contributed by atoms with van der Waals surface area (Å²) in [5.41, 5.74) is 9.18. The van der Waals surface area contributed by atoms with Crippen LogP contribution in [0.1, 0.15) is 5.56 Å². The molecule has 0 aromatic heterocycles. The molecule has 0 aliphatic heterocycles. The molecular formula is C14H14BrIN2. The molecule has 0 saturated carbocycles. The first-order valence-corrected chi connectivity index (χ1v) is 7.44. The minimum Gasteiger partial charge on any atom is -0.397 e. The van der Waals surface area contributed by atoms with Gasteiger partial charge in [0.1, 0.15) is 0 Å². The van der Waals surface area contributed by atoms with Gasteiger partial charge in [0, 0.05) is 21.6 Å². The summed E-state index contributed by atoms with van der Waals surface area (Å²) < 4.78 is 2.28. The Balaban J connectivity index is 2.22. The van der Waals surface area contributed by atoms with Crippen LogP contribution in [0.2, 0.25) is 0 Å². The minimum absolute atomic E-state index is 0.816. The summed E-state index contributed by atoms with van der Waals surface area (Å²) in [5.74, 6) is 0. The van der Waals surface area contributed by atoms with Crippen molar-refractivity contribution in [2.45, 2.75) is 6.54 Å². The molecule has 2 nitrogen and oxygen atoms in total. The van der Waals surface area contributed by atoms with Crippen LogP contribution in [0.5, 0.6) is 0 Å². The van der Waals surface area contributed by atoms with E-state index in [0.29, 0.717) is 0 Å². The van der Waals surface area contributed by atoms with Crippen molar-refractivity contribution in [3.8, 4) is 0 Å². The number of anilines is 2. The zero-order valence-electron chi connectivity index (χ0n) is 10.0. The molecule has 0 atom stereocenters. The van der Waals surface area contributed by atoms with E-state index < -0.39 is 0 Å². The largest absolute Gasteiger partial charge is 0.397 e. The highest BCUT2D eigenvalue weighted by atomic mass is 127. The highest BCUT2D eigenvalue weighted by Crippen LogP contribution is 2.26. The SMILES string of the molecule is CN(Cc1ccccc1Br)c1ccc(I)cc1N. The van der Waals surface area contributed by atoms with E-state index in [2.05, 4.69) is 74.7 Å². The van der Waals surface area contributed by atoms with Crippen LogP contribution in [0.25, 0.3) is 0 Å². The molecule has 0 amide bonds. The lowest BCUT2D eigenvalue weighted by atomic mass is 10.2. The zero-order chi connectivity index (χ0) is 13.1. The van der Waals surface area contributed by atoms with Crippen LogP contribution in [0, 0.1) is 3.57 Å². The van der Waals surface area contributed by atoms with Crippen LogP contribution >= 0.6 is 38.5 Å². The number of benzene rings is 2. The van der Waals surface area contributed by atoms with E-state index in [0.717, 1.165) is 26.0 Å². The molecule has 2 rings (SSSR count). The van der Waals surface area contributed by atoms with Crippen LogP contribution in [-0.4, -0.2) is 7.05 Å². The fourth-order valence-corrected chi connectivity index (χ4v) is 2.77. The summed E-state index contributed by atoms with van der Waals surface area (Å²) in [7, 11) is 2.05. The Morgan fingerprint density at radius 3 is 2.61 bits per heavy atom. The first kappa shape index (κ1) is 13.7. The van der Waals surface area contributed by atoms with Crippen molar-refractivity contribution >= 4 is 49.9 Å². The average molecular weight is 417 g/mol. The normalized spacial score (nSPS) is 10.4. The fourth-order valence-electron chi connectivity index (χ4n) is 1.84. The molecule has 0 aliphatic carbocycles. The van der Waals surface area contributed by atoms with Crippen molar-refractivity contribution in [1.82, 2.24) is 0 Å². The number of nitrogen functional groups attached to an aromatic ring is 1. The van der Waals surface area contributed by atoms with Crippen LogP contribution in [0.4, 0.5) is 11.4 Å². The maximum atomic E-state index is 6.06. The molecule has 2 N–H and O–H groups in total. The van der Waals surface area contributed by atoms with Gasteiger partial charge >= 0.3 is 0 Å². The highest BCUT2D eigenvalue weighted by molar-refractivity contribution is 14.1. The molecule has 18 heavy (non-hydrogen) atoms. The number of nitrogens with zero attached hydrogens (tertiary/aromatic N) is 1. The van der Waals surface area contributed by atoms with E-state index in [1.54, 1.807) is 0 Å². The third-order valence-corrected chi connectivity index (χ3v) is 4.21. The molecular weight excluding hydrogens is 403 g/mol. The summed E-state index contributed by atoms with van der Waals surface area (Å²) in [6, 6.07) is 14.4. The molecule has 0 saturated heterocycles. The van der Waals surface area contributed by atoms with Gasteiger partial charge in [-0.15, -0.1) is 0 Å². The van der Waals surface area contributed by atoms with Gasteiger partial charge in [-0.3, -0.25) is 0 Å². The van der Waals surface area contributed by atoms with Gasteiger partial charge < -0.3 is 10.6 Å². The standard InChI is InChI=1S/C14H14BrIN2/c1-18(9-10-4-2-3-5-12(10)15)14-7-6-11(16)8-13(14)17/h2-8H,9,17H2,1H3. The lowest BCUT2D eigenvalue weighted by Crippen LogP contribution is -2.18. The second-order valence-electron chi connectivity index (χ2n) is 4.15. The zero-order valence-corrected chi connectivity index (χ0v) is 13.8. The molecule has 0 spiro atoms. The number of rotatable bonds is 3. The van der Waals surface area contributed by atoms with Crippen molar-refractivity contribution in [1.29, 1.82) is 0 Å². The summed E-state index contributed by atoms with van der Waals surface area (Å²) in [4.78, 5) is 2.16. The first-order valence-electron chi connectivity index (χ1n) is 5.57. The van der Waals surface area contributed by atoms with Crippen LogP contribution in [0.3, 0.4) is 0 Å². The molecule has 0 radical (unpaired) electrons. The fraction of sp³-hybridized carbons (Fsp3) is 0.143. The first-order chi connectivity index (χ1) is 8.58. The topological polar surface area (TPSA) is 29.3 Å². The van der Waals surface area contributed by atoms with Gasteiger partial charge in [0.05, 0.1) is 11.4 Å². The lowest BCUT2D eigenvalue weighted by molar-refractivity contribution is 0.920. The average Bonchev–Trinajstić information content (AvgIpc) is 2.32. The van der Waals surface area contributed by atoms with E-state index in [4.69, 9.17) is 5.73 Å². The van der Waals surface area contributed by atoms with Crippen molar-refractivity contribution in [3.63, 3.8) is 0 Å². The van der Waals surface area contributed by atoms with Crippen molar-refractivity contribution in [2.24, 2.45) is 0 Å². The third kappa shape index (κ3) is 3.17. The Morgan fingerprint density at radius 1 is 1.22 bits per heavy atom. The van der Waals surface area contributed by atoms with Crippen LogP contribution < -0.4 is 10.6 Å². The quantitative estimate of drug-likeness (QED) is 0.597. The maximum Gasteiger partial charge on any atom is 0.0601 e. The lowest BCUT2D eigenvalue weighted by Gasteiger charge is -2.22. The van der Waals surface area contributed by atoms with E-state index in [-0.39, 0.29) is 0 Å². The highest BCUT2D eigenvalue weighted by Gasteiger charge is 2.08. The molecule has 2 aromatic rings. The molecule has 0 bridgehead atoms. The molecule has 2 aromatic carbocycles. The Morgan fingerprint density at radius 2 is 1.94 bits per heavy atom. The van der Waals surface area contributed by atoms with Gasteiger partial charge in [-0.25, -0.2) is 0 Å². The van der Waals surface area contributed by atoms with Gasteiger partial charge in [0.2, 0.25) is 0 Å². The Labute approximate surface area is 129 Å². The predicted octanol–water partition coefficient (Wildman–Crippen LogP) is 4.27. The van der Waals surface area contributed by atoms with E-state index in [1.807, 2.05) is 18.2 Å². The summed E-state index contributed by atoms with van der Waals surface area (Å²) >= 11 is 5.84. The molecule has 94 valence electrons. The number of nitrogens with two attached hydrogens (primary N) is 1. The molecule has 0 aliphatic rings. The minimum atomic E-state index is 0.816. The molecule has 4 heteroatoms. The molecule has 0 fully saturated rings. The van der Waals surface area contributed by atoms with Gasteiger partial charge in [-0.1, -0.05) is 34.1 Å². The van der Waals surface area contributed by atoms with Crippen LogP contribution in [0.15, 0.2) is 46.9 Å². The van der Waals surface area contributed by atoms with Gasteiger partial charge in [0.15, 0.2) is 0 Å². The Hall–Kier alpha value is -0.750.